The number of nitrogens with zero attached hydrogens (tertiary/aromatic N) is 2. The second kappa shape index (κ2) is 8.55. The third-order valence-corrected chi connectivity index (χ3v) is 6.30. The average Bonchev–Trinajstić information content (AvgIpc) is 3.23. The molecule has 1 heterocycles. The number of ether oxygens (including phenoxy) is 1. The molecule has 0 amide bonds. The Hall–Kier alpha value is -2.38. The van der Waals surface area contributed by atoms with Crippen LogP contribution in [0.2, 0.25) is 0 Å². The summed E-state index contributed by atoms with van der Waals surface area (Å²) in [5.74, 6) is 0.291. The van der Waals surface area contributed by atoms with Crippen molar-refractivity contribution in [3.63, 3.8) is 0 Å². The number of carboxylic acids is 1. The molecule has 2 aromatic rings. The van der Waals surface area contributed by atoms with Crippen molar-refractivity contribution in [3.05, 3.63) is 47.3 Å². The van der Waals surface area contributed by atoms with E-state index in [2.05, 4.69) is 22.5 Å². The summed E-state index contributed by atoms with van der Waals surface area (Å²) in [6, 6.07) is 6.67. The second-order valence-electron chi connectivity index (χ2n) is 8.33. The molecule has 0 spiro atoms. The quantitative estimate of drug-likeness (QED) is 0.645. The number of aliphatic hydroxyl groups is 1. The number of carbonyl (C=O) groups is 1. The van der Waals surface area contributed by atoms with Crippen molar-refractivity contribution in [2.75, 3.05) is 7.11 Å². The van der Waals surface area contributed by atoms with Crippen molar-refractivity contribution in [1.29, 1.82) is 0 Å². The maximum absolute atomic E-state index is 11.0. The zero-order valence-corrected chi connectivity index (χ0v) is 16.8. The van der Waals surface area contributed by atoms with Gasteiger partial charge < -0.3 is 20.3 Å². The maximum atomic E-state index is 11.0. The van der Waals surface area contributed by atoms with Crippen LogP contribution < -0.4 is 10.1 Å². The number of nitrogens with one attached hydrogen (secondary N) is 1. The van der Waals surface area contributed by atoms with E-state index in [1.165, 1.54) is 17.3 Å². The Bertz CT molecular complexity index is 865. The largest absolute Gasteiger partial charge is 0.496 e. The third-order valence-electron chi connectivity index (χ3n) is 6.30. The fourth-order valence-electron chi connectivity index (χ4n) is 4.90. The number of hydrogen-bond acceptors (Lipinski definition) is 5. The van der Waals surface area contributed by atoms with Crippen molar-refractivity contribution in [2.24, 2.45) is 5.92 Å². The first-order chi connectivity index (χ1) is 14.0. The summed E-state index contributed by atoms with van der Waals surface area (Å²) in [5.41, 5.74) is 2.85. The van der Waals surface area contributed by atoms with E-state index in [0.29, 0.717) is 19.0 Å². The SMILES string of the molecule is COc1cccc2c1CCCC(N[C@@H]1CC(Cn3cc(C(=O)O)cn3)C[C@H]1O)C2. The summed E-state index contributed by atoms with van der Waals surface area (Å²) in [6.45, 7) is 0.632. The number of fused-ring (bicyclic) bond motifs is 1. The highest BCUT2D eigenvalue weighted by molar-refractivity contribution is 5.86. The molecule has 4 atom stereocenters. The van der Waals surface area contributed by atoms with Crippen LogP contribution in [0.4, 0.5) is 0 Å². The van der Waals surface area contributed by atoms with Crippen LogP contribution >= 0.6 is 0 Å². The minimum absolute atomic E-state index is 0.0617. The van der Waals surface area contributed by atoms with E-state index in [-0.39, 0.29) is 23.6 Å². The van der Waals surface area contributed by atoms with Crippen LogP contribution in [0.15, 0.2) is 30.6 Å². The Morgan fingerprint density at radius 1 is 1.38 bits per heavy atom. The van der Waals surface area contributed by atoms with E-state index in [1.807, 2.05) is 6.07 Å². The van der Waals surface area contributed by atoms with Gasteiger partial charge in [-0.1, -0.05) is 12.1 Å². The van der Waals surface area contributed by atoms with Crippen molar-refractivity contribution in [2.45, 2.75) is 63.3 Å². The zero-order valence-electron chi connectivity index (χ0n) is 16.8. The predicted molar refractivity (Wildman–Crippen MR) is 108 cm³/mol. The number of carboxylic acid groups (broad SMARTS) is 1. The molecule has 0 aliphatic heterocycles. The van der Waals surface area contributed by atoms with E-state index in [1.54, 1.807) is 18.0 Å². The van der Waals surface area contributed by atoms with Crippen LogP contribution in [0.1, 0.15) is 47.2 Å². The lowest BCUT2D eigenvalue weighted by Gasteiger charge is -2.24. The molecule has 1 aromatic carbocycles. The minimum Gasteiger partial charge on any atom is -0.496 e. The molecule has 7 nitrogen and oxygen atoms in total. The van der Waals surface area contributed by atoms with Crippen LogP contribution in [-0.2, 0) is 19.4 Å². The smallest absolute Gasteiger partial charge is 0.338 e. The second-order valence-corrected chi connectivity index (χ2v) is 8.33. The Morgan fingerprint density at radius 3 is 3.00 bits per heavy atom. The molecule has 156 valence electrons. The predicted octanol–water partition coefficient (Wildman–Crippen LogP) is 2.27. The molecule has 0 bridgehead atoms. The highest BCUT2D eigenvalue weighted by Crippen LogP contribution is 2.31. The van der Waals surface area contributed by atoms with Crippen LogP contribution in [-0.4, -0.2) is 51.3 Å². The van der Waals surface area contributed by atoms with Gasteiger partial charge >= 0.3 is 5.97 Å². The van der Waals surface area contributed by atoms with Gasteiger partial charge in [0.15, 0.2) is 0 Å². The van der Waals surface area contributed by atoms with E-state index in [4.69, 9.17) is 9.84 Å². The van der Waals surface area contributed by atoms with Gasteiger partial charge in [-0.05, 0) is 61.6 Å². The number of aliphatic hydroxyl groups excluding tert-OH is 1. The van der Waals surface area contributed by atoms with Crippen LogP contribution in [0, 0.1) is 5.92 Å². The highest BCUT2D eigenvalue weighted by atomic mass is 16.5. The van der Waals surface area contributed by atoms with E-state index >= 15 is 0 Å². The van der Waals surface area contributed by atoms with Gasteiger partial charge in [0.05, 0.1) is 25.0 Å². The standard InChI is InChI=1S/C22H29N3O4/c1-29-21-7-2-4-15-10-17(5-3-6-18(15)21)24-19-8-14(9-20(19)26)12-25-13-16(11-23-25)22(27)28/h2,4,7,11,13-14,17,19-20,24,26H,3,5-6,8-10,12H2,1H3,(H,27,28)/t14?,17?,19-,20-/m1/s1. The number of rotatable bonds is 6. The lowest BCUT2D eigenvalue weighted by atomic mass is 10.00. The molecule has 4 rings (SSSR count). The fraction of sp³-hybridized carbons (Fsp3) is 0.545. The Kier molecular flexibility index (Phi) is 5.87. The minimum atomic E-state index is -0.965. The summed E-state index contributed by atoms with van der Waals surface area (Å²) in [5, 5.41) is 27.5. The first-order valence-corrected chi connectivity index (χ1v) is 10.4. The normalized spacial score (nSPS) is 26.7. The molecule has 29 heavy (non-hydrogen) atoms. The summed E-state index contributed by atoms with van der Waals surface area (Å²) >= 11 is 0. The number of methoxy groups -OCH3 is 1. The summed E-state index contributed by atoms with van der Waals surface area (Å²) in [7, 11) is 1.73. The van der Waals surface area contributed by atoms with Gasteiger partial charge in [-0.25, -0.2) is 4.79 Å². The van der Waals surface area contributed by atoms with E-state index in [0.717, 1.165) is 37.9 Å². The lowest BCUT2D eigenvalue weighted by molar-refractivity contribution is 0.0696. The molecule has 7 heteroatoms. The molecule has 3 N–H and O–H groups in total. The number of hydrogen-bond donors (Lipinski definition) is 3. The van der Waals surface area contributed by atoms with Crippen molar-refractivity contribution >= 4 is 5.97 Å². The summed E-state index contributed by atoms with van der Waals surface area (Å²) in [6.07, 6.45) is 8.27. The van der Waals surface area contributed by atoms with Crippen molar-refractivity contribution in [3.8, 4) is 5.75 Å². The number of aromatic carboxylic acids is 1. The third kappa shape index (κ3) is 4.46. The Morgan fingerprint density at radius 2 is 2.24 bits per heavy atom. The van der Waals surface area contributed by atoms with E-state index in [9.17, 15) is 9.90 Å². The monoisotopic (exact) mass is 399 g/mol. The molecule has 0 saturated heterocycles. The molecular formula is C22H29N3O4. The van der Waals surface area contributed by atoms with Gasteiger partial charge in [-0.2, -0.15) is 5.10 Å². The van der Waals surface area contributed by atoms with Crippen LogP contribution in [0.25, 0.3) is 0 Å². The maximum Gasteiger partial charge on any atom is 0.338 e. The average molecular weight is 399 g/mol. The fourth-order valence-corrected chi connectivity index (χ4v) is 4.90. The highest BCUT2D eigenvalue weighted by Gasteiger charge is 2.35. The molecule has 1 aromatic heterocycles. The number of aromatic nitrogens is 2. The molecule has 1 saturated carbocycles. The molecule has 1 fully saturated rings. The summed E-state index contributed by atoms with van der Waals surface area (Å²) < 4.78 is 7.21. The van der Waals surface area contributed by atoms with Gasteiger partial charge in [0.2, 0.25) is 0 Å². The van der Waals surface area contributed by atoms with Crippen LogP contribution in [0.5, 0.6) is 5.75 Å². The molecular weight excluding hydrogens is 370 g/mol. The first-order valence-electron chi connectivity index (χ1n) is 10.4. The van der Waals surface area contributed by atoms with Gasteiger partial charge in [0.25, 0.3) is 0 Å². The zero-order chi connectivity index (χ0) is 20.4. The molecule has 2 unspecified atom stereocenters. The van der Waals surface area contributed by atoms with Crippen LogP contribution in [0.3, 0.4) is 0 Å². The topological polar surface area (TPSA) is 96.6 Å². The van der Waals surface area contributed by atoms with Gasteiger partial charge in [-0.3, -0.25) is 4.68 Å². The first kappa shape index (κ1) is 19.9. The summed E-state index contributed by atoms with van der Waals surface area (Å²) in [4.78, 5) is 11.0. The Labute approximate surface area is 170 Å². The van der Waals surface area contributed by atoms with Crippen molar-refractivity contribution in [1.82, 2.24) is 15.1 Å². The molecule has 0 radical (unpaired) electrons. The van der Waals surface area contributed by atoms with Gasteiger partial charge in [-0.15, -0.1) is 0 Å². The molecule has 2 aliphatic carbocycles. The van der Waals surface area contributed by atoms with E-state index < -0.39 is 5.97 Å². The van der Waals surface area contributed by atoms with Crippen molar-refractivity contribution < 1.29 is 19.7 Å². The Balaban J connectivity index is 1.37. The molecule has 2 aliphatic rings. The van der Waals surface area contributed by atoms with Gasteiger partial charge in [0.1, 0.15) is 5.75 Å². The lowest BCUT2D eigenvalue weighted by Crippen LogP contribution is -2.43. The van der Waals surface area contributed by atoms with Gasteiger partial charge in [0, 0.05) is 24.8 Å². The number of benzene rings is 1.